The molecule has 3 rings (SSSR count). The number of ether oxygens (including phenoxy) is 1. The maximum Gasteiger partial charge on any atom is 0.161 e. The smallest absolute Gasteiger partial charge is 0.161 e. The molecule has 0 radical (unpaired) electrons. The van der Waals surface area contributed by atoms with Crippen molar-refractivity contribution in [3.63, 3.8) is 0 Å². The standard InChI is InChI=1S/C17H19N3O/c1-20-17(16(21-2)11-19-20)15(18)10-12-7-8-13-5-3-4-6-14(13)9-12/h3-9,11,15H,10,18H2,1-2H3. The Morgan fingerprint density at radius 1 is 1.19 bits per heavy atom. The highest BCUT2D eigenvalue weighted by atomic mass is 16.5. The molecule has 4 nitrogen and oxygen atoms in total. The Hall–Kier alpha value is -2.33. The van der Waals surface area contributed by atoms with E-state index >= 15 is 0 Å². The third-order valence-corrected chi connectivity index (χ3v) is 3.79. The largest absolute Gasteiger partial charge is 0.493 e. The number of aromatic nitrogens is 2. The second-order valence-corrected chi connectivity index (χ2v) is 5.21. The van der Waals surface area contributed by atoms with E-state index in [2.05, 4.69) is 41.5 Å². The van der Waals surface area contributed by atoms with Crippen molar-refractivity contribution in [2.75, 3.05) is 7.11 Å². The molecule has 0 fully saturated rings. The molecule has 1 unspecified atom stereocenters. The fraction of sp³-hybridized carbons (Fsp3) is 0.235. The number of methoxy groups -OCH3 is 1. The summed E-state index contributed by atoms with van der Waals surface area (Å²) in [6, 6.07) is 14.7. The van der Waals surface area contributed by atoms with Gasteiger partial charge in [0.2, 0.25) is 0 Å². The monoisotopic (exact) mass is 281 g/mol. The Kier molecular flexibility index (Phi) is 3.62. The van der Waals surface area contributed by atoms with Crippen LogP contribution in [0.25, 0.3) is 10.8 Å². The second kappa shape index (κ2) is 5.58. The zero-order valence-corrected chi connectivity index (χ0v) is 12.3. The number of hydrogen-bond acceptors (Lipinski definition) is 3. The quantitative estimate of drug-likeness (QED) is 0.800. The molecule has 0 saturated heterocycles. The number of rotatable bonds is 4. The lowest BCUT2D eigenvalue weighted by Gasteiger charge is -2.14. The second-order valence-electron chi connectivity index (χ2n) is 5.21. The zero-order chi connectivity index (χ0) is 14.8. The van der Waals surface area contributed by atoms with Crippen LogP contribution in [0.5, 0.6) is 5.75 Å². The van der Waals surface area contributed by atoms with Crippen molar-refractivity contribution >= 4 is 10.8 Å². The summed E-state index contributed by atoms with van der Waals surface area (Å²) in [6.07, 6.45) is 2.45. The molecule has 108 valence electrons. The first kappa shape index (κ1) is 13.6. The molecule has 1 heterocycles. The molecule has 2 N–H and O–H groups in total. The highest BCUT2D eigenvalue weighted by Gasteiger charge is 2.17. The van der Waals surface area contributed by atoms with Crippen LogP contribution in [0.4, 0.5) is 0 Å². The Balaban J connectivity index is 1.88. The Bertz CT molecular complexity index is 764. The summed E-state index contributed by atoms with van der Waals surface area (Å²) in [5.41, 5.74) is 8.49. The van der Waals surface area contributed by atoms with Crippen molar-refractivity contribution < 1.29 is 4.74 Å². The van der Waals surface area contributed by atoms with Gasteiger partial charge in [0, 0.05) is 7.05 Å². The first-order chi connectivity index (χ1) is 10.2. The zero-order valence-electron chi connectivity index (χ0n) is 12.3. The lowest BCUT2D eigenvalue weighted by Crippen LogP contribution is -2.18. The van der Waals surface area contributed by atoms with Crippen LogP contribution in [-0.2, 0) is 13.5 Å². The van der Waals surface area contributed by atoms with Gasteiger partial charge in [-0.3, -0.25) is 4.68 Å². The fourth-order valence-corrected chi connectivity index (χ4v) is 2.72. The van der Waals surface area contributed by atoms with Crippen LogP contribution in [0.1, 0.15) is 17.3 Å². The van der Waals surface area contributed by atoms with Gasteiger partial charge in [-0.25, -0.2) is 0 Å². The molecule has 1 atom stereocenters. The van der Waals surface area contributed by atoms with E-state index in [1.807, 2.05) is 13.1 Å². The number of hydrogen-bond donors (Lipinski definition) is 1. The van der Waals surface area contributed by atoms with Crippen LogP contribution >= 0.6 is 0 Å². The number of aryl methyl sites for hydroxylation is 1. The minimum atomic E-state index is -0.145. The van der Waals surface area contributed by atoms with Crippen LogP contribution in [0.2, 0.25) is 0 Å². The average Bonchev–Trinajstić information content (AvgIpc) is 2.88. The summed E-state index contributed by atoms with van der Waals surface area (Å²) in [6.45, 7) is 0. The van der Waals surface area contributed by atoms with Crippen molar-refractivity contribution in [2.24, 2.45) is 12.8 Å². The maximum absolute atomic E-state index is 6.35. The first-order valence-corrected chi connectivity index (χ1v) is 6.98. The molecule has 0 spiro atoms. The van der Waals surface area contributed by atoms with E-state index < -0.39 is 0 Å². The van der Waals surface area contributed by atoms with Crippen LogP contribution in [0.3, 0.4) is 0 Å². The summed E-state index contributed by atoms with van der Waals surface area (Å²) in [5.74, 6) is 0.741. The third kappa shape index (κ3) is 2.62. The van der Waals surface area contributed by atoms with Crippen molar-refractivity contribution in [1.29, 1.82) is 0 Å². The molecule has 21 heavy (non-hydrogen) atoms. The predicted octanol–water partition coefficient (Wildman–Crippen LogP) is 2.82. The van der Waals surface area contributed by atoms with E-state index in [1.165, 1.54) is 16.3 Å². The van der Waals surface area contributed by atoms with E-state index in [0.717, 1.165) is 17.9 Å². The van der Waals surface area contributed by atoms with Gasteiger partial charge in [-0.15, -0.1) is 0 Å². The molecule has 2 aromatic carbocycles. The molecule has 0 aliphatic carbocycles. The molecule has 0 aliphatic heterocycles. The topological polar surface area (TPSA) is 53.1 Å². The molecule has 1 aromatic heterocycles. The van der Waals surface area contributed by atoms with E-state index in [0.29, 0.717) is 0 Å². The normalized spacial score (nSPS) is 12.5. The van der Waals surface area contributed by atoms with Crippen molar-refractivity contribution in [1.82, 2.24) is 9.78 Å². The summed E-state index contributed by atoms with van der Waals surface area (Å²) >= 11 is 0. The summed E-state index contributed by atoms with van der Waals surface area (Å²) in [5, 5.41) is 6.69. The Morgan fingerprint density at radius 2 is 1.95 bits per heavy atom. The lowest BCUT2D eigenvalue weighted by atomic mass is 10.0. The first-order valence-electron chi connectivity index (χ1n) is 6.98. The van der Waals surface area contributed by atoms with Crippen LogP contribution in [0, 0.1) is 0 Å². The summed E-state index contributed by atoms with van der Waals surface area (Å²) < 4.78 is 7.11. The number of nitrogens with two attached hydrogens (primary N) is 1. The molecule has 3 aromatic rings. The molecular formula is C17H19N3O. The van der Waals surface area contributed by atoms with Gasteiger partial charge in [0.05, 0.1) is 25.0 Å². The molecular weight excluding hydrogens is 262 g/mol. The van der Waals surface area contributed by atoms with Gasteiger partial charge in [0.25, 0.3) is 0 Å². The number of nitrogens with zero attached hydrogens (tertiary/aromatic N) is 2. The summed E-state index contributed by atoms with van der Waals surface area (Å²) in [4.78, 5) is 0. The SMILES string of the molecule is COc1cnn(C)c1C(N)Cc1ccc2ccccc2c1. The van der Waals surface area contributed by atoms with Gasteiger partial charge < -0.3 is 10.5 Å². The minimum absolute atomic E-state index is 0.145. The van der Waals surface area contributed by atoms with Gasteiger partial charge in [0.15, 0.2) is 5.75 Å². The van der Waals surface area contributed by atoms with E-state index in [1.54, 1.807) is 18.0 Å². The van der Waals surface area contributed by atoms with Crippen molar-refractivity contribution in [3.05, 3.63) is 59.9 Å². The molecule has 0 amide bonds. The van der Waals surface area contributed by atoms with Crippen LogP contribution in [-0.4, -0.2) is 16.9 Å². The number of fused-ring (bicyclic) bond motifs is 1. The van der Waals surface area contributed by atoms with Gasteiger partial charge in [-0.1, -0.05) is 42.5 Å². The van der Waals surface area contributed by atoms with Crippen molar-refractivity contribution in [2.45, 2.75) is 12.5 Å². The van der Waals surface area contributed by atoms with E-state index in [-0.39, 0.29) is 6.04 Å². The molecule has 4 heteroatoms. The predicted molar refractivity (Wildman–Crippen MR) is 84.3 cm³/mol. The number of benzene rings is 2. The van der Waals surface area contributed by atoms with Crippen LogP contribution in [0.15, 0.2) is 48.7 Å². The Labute approximate surface area is 124 Å². The van der Waals surface area contributed by atoms with E-state index in [9.17, 15) is 0 Å². The van der Waals surface area contributed by atoms with E-state index in [4.69, 9.17) is 10.5 Å². The lowest BCUT2D eigenvalue weighted by molar-refractivity contribution is 0.402. The highest BCUT2D eigenvalue weighted by Crippen LogP contribution is 2.26. The Morgan fingerprint density at radius 3 is 2.71 bits per heavy atom. The van der Waals surface area contributed by atoms with Crippen LogP contribution < -0.4 is 10.5 Å². The maximum atomic E-state index is 6.35. The molecule has 0 aliphatic rings. The highest BCUT2D eigenvalue weighted by molar-refractivity contribution is 5.83. The third-order valence-electron chi connectivity index (χ3n) is 3.79. The molecule has 0 saturated carbocycles. The van der Waals surface area contributed by atoms with Crippen molar-refractivity contribution in [3.8, 4) is 5.75 Å². The summed E-state index contributed by atoms with van der Waals surface area (Å²) in [7, 11) is 3.53. The average molecular weight is 281 g/mol. The van der Waals surface area contributed by atoms with Gasteiger partial charge in [-0.2, -0.15) is 5.10 Å². The minimum Gasteiger partial charge on any atom is -0.493 e. The van der Waals surface area contributed by atoms with Gasteiger partial charge >= 0.3 is 0 Å². The van der Waals surface area contributed by atoms with Gasteiger partial charge in [-0.05, 0) is 22.8 Å². The molecule has 0 bridgehead atoms. The van der Waals surface area contributed by atoms with Gasteiger partial charge in [0.1, 0.15) is 0 Å². The fourth-order valence-electron chi connectivity index (χ4n) is 2.72.